The summed E-state index contributed by atoms with van der Waals surface area (Å²) < 4.78 is 0. The molecule has 1 aromatic carbocycles. The summed E-state index contributed by atoms with van der Waals surface area (Å²) in [7, 11) is 0. The van der Waals surface area contributed by atoms with E-state index in [1.165, 1.54) is 25.7 Å². The minimum Gasteiger partial charge on any atom is -0.481 e. The molecule has 0 atom stereocenters. The molecule has 1 heterocycles. The van der Waals surface area contributed by atoms with Gasteiger partial charge in [-0.05, 0) is 56.5 Å². The highest BCUT2D eigenvalue weighted by molar-refractivity contribution is 5.95. The van der Waals surface area contributed by atoms with Gasteiger partial charge in [-0.3, -0.25) is 14.5 Å². The van der Waals surface area contributed by atoms with Crippen LogP contribution >= 0.6 is 0 Å². The molecule has 1 saturated heterocycles. The van der Waals surface area contributed by atoms with Crippen molar-refractivity contribution >= 4 is 11.9 Å². The molecule has 2 aliphatic rings. The quantitative estimate of drug-likeness (QED) is 0.793. The van der Waals surface area contributed by atoms with Crippen LogP contribution in [0, 0.1) is 0 Å². The number of amides is 1. The van der Waals surface area contributed by atoms with Crippen molar-refractivity contribution in [3.63, 3.8) is 0 Å². The molecule has 148 valence electrons. The number of nitrogens with zero attached hydrogens (tertiary/aromatic N) is 1. The number of carboxylic acid groups (broad SMARTS) is 1. The van der Waals surface area contributed by atoms with Gasteiger partial charge in [0.2, 0.25) is 0 Å². The van der Waals surface area contributed by atoms with Gasteiger partial charge < -0.3 is 10.4 Å². The van der Waals surface area contributed by atoms with Crippen LogP contribution in [-0.4, -0.2) is 40.5 Å². The molecule has 0 spiro atoms. The molecule has 1 aromatic rings. The minimum atomic E-state index is -0.841. The van der Waals surface area contributed by atoms with E-state index >= 15 is 0 Å². The molecule has 1 saturated carbocycles. The van der Waals surface area contributed by atoms with Crippen molar-refractivity contribution in [1.29, 1.82) is 0 Å². The summed E-state index contributed by atoms with van der Waals surface area (Å²) in [5, 5.41) is 12.4. The highest BCUT2D eigenvalue weighted by Gasteiger charge is 2.36. The molecule has 3 rings (SSSR count). The maximum Gasteiger partial charge on any atom is 0.305 e. The molecule has 1 amide bonds. The molecule has 2 N–H and O–H groups in total. The summed E-state index contributed by atoms with van der Waals surface area (Å²) in [5.74, 6) is -0.983. The van der Waals surface area contributed by atoms with Crippen molar-refractivity contribution in [1.82, 2.24) is 10.2 Å². The number of hydrogen-bond donors (Lipinski definition) is 2. The van der Waals surface area contributed by atoms with Crippen LogP contribution in [0.1, 0.15) is 80.1 Å². The first-order valence-electron chi connectivity index (χ1n) is 10.4. The molecule has 0 bridgehead atoms. The molecule has 1 aliphatic carbocycles. The standard InChI is InChI=1S/C22H32N2O3/c25-20(26)16-22(11-4-3-5-12-22)23-21(27)19-10-8-9-18(15-19)17-24-13-6-1-2-7-14-24/h8-10,15H,1-7,11-14,16-17H2,(H,23,27)(H,25,26). The Morgan fingerprint density at radius 2 is 1.67 bits per heavy atom. The molecule has 5 heteroatoms. The van der Waals surface area contributed by atoms with Gasteiger partial charge in [0.05, 0.1) is 12.0 Å². The highest BCUT2D eigenvalue weighted by atomic mass is 16.4. The van der Waals surface area contributed by atoms with Crippen molar-refractivity contribution in [2.24, 2.45) is 0 Å². The largest absolute Gasteiger partial charge is 0.481 e. The van der Waals surface area contributed by atoms with E-state index in [-0.39, 0.29) is 12.3 Å². The number of benzene rings is 1. The number of hydrogen-bond acceptors (Lipinski definition) is 3. The number of nitrogens with one attached hydrogen (secondary N) is 1. The number of carbonyl (C=O) groups excluding carboxylic acids is 1. The topological polar surface area (TPSA) is 69.6 Å². The number of aliphatic carboxylic acids is 1. The van der Waals surface area contributed by atoms with Crippen molar-refractivity contribution in [2.45, 2.75) is 76.3 Å². The lowest BCUT2D eigenvalue weighted by Crippen LogP contribution is -2.51. The Hall–Kier alpha value is -1.88. The monoisotopic (exact) mass is 372 g/mol. The van der Waals surface area contributed by atoms with Gasteiger partial charge in [0.1, 0.15) is 0 Å². The first-order valence-corrected chi connectivity index (χ1v) is 10.4. The summed E-state index contributed by atoms with van der Waals surface area (Å²) >= 11 is 0. The average Bonchev–Trinajstić information content (AvgIpc) is 2.90. The Morgan fingerprint density at radius 1 is 1.00 bits per heavy atom. The van der Waals surface area contributed by atoms with E-state index in [4.69, 9.17) is 0 Å². The first-order chi connectivity index (χ1) is 13.1. The van der Waals surface area contributed by atoms with Gasteiger partial charge in [-0.15, -0.1) is 0 Å². The second-order valence-corrected chi connectivity index (χ2v) is 8.26. The summed E-state index contributed by atoms with van der Waals surface area (Å²) in [6.45, 7) is 3.12. The SMILES string of the molecule is O=C(O)CC1(NC(=O)c2cccc(CN3CCCCCC3)c2)CCCCC1. The van der Waals surface area contributed by atoms with E-state index in [0.717, 1.165) is 57.3 Å². The summed E-state index contributed by atoms with van der Waals surface area (Å²) in [6, 6.07) is 7.82. The van der Waals surface area contributed by atoms with Crippen LogP contribution in [0.25, 0.3) is 0 Å². The predicted molar refractivity (Wildman–Crippen MR) is 106 cm³/mol. The zero-order valence-electron chi connectivity index (χ0n) is 16.2. The summed E-state index contributed by atoms with van der Waals surface area (Å²) in [4.78, 5) is 26.7. The van der Waals surface area contributed by atoms with Crippen LogP contribution in [0.5, 0.6) is 0 Å². The second-order valence-electron chi connectivity index (χ2n) is 8.26. The van der Waals surface area contributed by atoms with Gasteiger partial charge >= 0.3 is 5.97 Å². The fourth-order valence-electron chi connectivity index (χ4n) is 4.54. The predicted octanol–water partition coefficient (Wildman–Crippen LogP) is 3.97. The number of rotatable bonds is 6. The molecular weight excluding hydrogens is 340 g/mol. The van der Waals surface area contributed by atoms with E-state index in [1.54, 1.807) is 0 Å². The fourth-order valence-corrected chi connectivity index (χ4v) is 4.54. The average molecular weight is 373 g/mol. The molecule has 0 aromatic heterocycles. The van der Waals surface area contributed by atoms with Crippen LogP contribution in [0.2, 0.25) is 0 Å². The lowest BCUT2D eigenvalue weighted by molar-refractivity contribution is -0.139. The van der Waals surface area contributed by atoms with Crippen molar-refractivity contribution in [3.05, 3.63) is 35.4 Å². The van der Waals surface area contributed by atoms with Crippen molar-refractivity contribution in [2.75, 3.05) is 13.1 Å². The van der Waals surface area contributed by atoms with Gasteiger partial charge in [0, 0.05) is 12.1 Å². The van der Waals surface area contributed by atoms with Gasteiger partial charge in [-0.2, -0.15) is 0 Å². The van der Waals surface area contributed by atoms with Crippen LogP contribution in [0.15, 0.2) is 24.3 Å². The van der Waals surface area contributed by atoms with Gasteiger partial charge in [0.25, 0.3) is 5.91 Å². The maximum atomic E-state index is 12.9. The second kappa shape index (κ2) is 9.36. The van der Waals surface area contributed by atoms with E-state index < -0.39 is 11.5 Å². The number of carboxylic acids is 1. The zero-order valence-corrected chi connectivity index (χ0v) is 16.2. The Kier molecular flexibility index (Phi) is 6.89. The number of likely N-dealkylation sites (tertiary alicyclic amines) is 1. The zero-order chi connectivity index (χ0) is 19.1. The third-order valence-electron chi connectivity index (χ3n) is 5.97. The summed E-state index contributed by atoms with van der Waals surface area (Å²) in [5.41, 5.74) is 1.19. The minimum absolute atomic E-state index is 0.00616. The van der Waals surface area contributed by atoms with E-state index in [0.29, 0.717) is 5.56 Å². The van der Waals surface area contributed by atoms with Gasteiger partial charge in [-0.1, -0.05) is 44.2 Å². The molecule has 0 radical (unpaired) electrons. The van der Waals surface area contributed by atoms with Crippen molar-refractivity contribution < 1.29 is 14.7 Å². The van der Waals surface area contributed by atoms with Gasteiger partial charge in [0.15, 0.2) is 0 Å². The lowest BCUT2D eigenvalue weighted by Gasteiger charge is -2.37. The molecule has 2 fully saturated rings. The molecule has 27 heavy (non-hydrogen) atoms. The normalized spacial score (nSPS) is 20.6. The Balaban J connectivity index is 1.67. The first kappa shape index (κ1) is 19.9. The Labute approximate surface area is 162 Å². The van der Waals surface area contributed by atoms with Crippen LogP contribution in [0.4, 0.5) is 0 Å². The van der Waals surface area contributed by atoms with Crippen LogP contribution in [-0.2, 0) is 11.3 Å². The summed E-state index contributed by atoms with van der Waals surface area (Å²) in [6.07, 6.45) is 9.68. The van der Waals surface area contributed by atoms with Crippen molar-refractivity contribution in [3.8, 4) is 0 Å². The molecule has 5 nitrogen and oxygen atoms in total. The van der Waals surface area contributed by atoms with Crippen LogP contribution < -0.4 is 5.32 Å². The smallest absolute Gasteiger partial charge is 0.305 e. The lowest BCUT2D eigenvalue weighted by atomic mass is 9.79. The van der Waals surface area contributed by atoms with Crippen LogP contribution in [0.3, 0.4) is 0 Å². The molecular formula is C22H32N2O3. The molecule has 0 unspecified atom stereocenters. The Bertz CT molecular complexity index is 645. The highest BCUT2D eigenvalue weighted by Crippen LogP contribution is 2.31. The third kappa shape index (κ3) is 5.80. The molecule has 1 aliphatic heterocycles. The Morgan fingerprint density at radius 3 is 2.33 bits per heavy atom. The third-order valence-corrected chi connectivity index (χ3v) is 5.97. The van der Waals surface area contributed by atoms with Gasteiger partial charge in [-0.25, -0.2) is 0 Å². The van der Waals surface area contributed by atoms with E-state index in [2.05, 4.69) is 16.3 Å². The number of carbonyl (C=O) groups is 2. The maximum absolute atomic E-state index is 12.9. The fraction of sp³-hybridized carbons (Fsp3) is 0.636. The van der Waals surface area contributed by atoms with E-state index in [1.807, 2.05) is 18.2 Å². The van der Waals surface area contributed by atoms with E-state index in [9.17, 15) is 14.7 Å².